The Hall–Kier alpha value is -0.733. The molecule has 0 saturated carbocycles. The number of alkyl halides is 13. The third kappa shape index (κ3) is 4.16. The van der Waals surface area contributed by atoms with Gasteiger partial charge in [0.15, 0.2) is 12.0 Å². The summed E-state index contributed by atoms with van der Waals surface area (Å²) in [5.41, 5.74) is 0. The highest BCUT2D eigenvalue weighted by Gasteiger charge is 2.84. The van der Waals surface area contributed by atoms with E-state index < -0.39 is 64.6 Å². The molecule has 152 valence electrons. The van der Waals surface area contributed by atoms with E-state index in [-0.39, 0.29) is 0 Å². The summed E-state index contributed by atoms with van der Waals surface area (Å²) in [5.74, 6) is -32.2. The first-order valence-electron chi connectivity index (χ1n) is 6.29. The van der Waals surface area contributed by atoms with Crippen molar-refractivity contribution in [3.8, 4) is 0 Å². The maximum absolute atomic E-state index is 13.2. The number of rotatable bonds is 10. The molecule has 0 N–H and O–H groups in total. The van der Waals surface area contributed by atoms with Crippen molar-refractivity contribution in [2.75, 3.05) is 6.61 Å². The van der Waals surface area contributed by atoms with E-state index in [0.29, 0.717) is 0 Å². The first-order chi connectivity index (χ1) is 11.0. The molecule has 3 atom stereocenters. The fourth-order valence-corrected chi connectivity index (χ4v) is 2.35. The van der Waals surface area contributed by atoms with Crippen LogP contribution in [0, 0.1) is 0 Å². The van der Waals surface area contributed by atoms with Gasteiger partial charge in [0.05, 0.1) is 0 Å². The third-order valence-electron chi connectivity index (χ3n) is 2.96. The Labute approximate surface area is 134 Å². The summed E-state index contributed by atoms with van der Waals surface area (Å²) < 4.78 is 172. The van der Waals surface area contributed by atoms with Crippen LogP contribution in [-0.4, -0.2) is 64.6 Å². The van der Waals surface area contributed by atoms with Gasteiger partial charge in [-0.3, -0.25) is 0 Å². The summed E-state index contributed by atoms with van der Waals surface area (Å²) in [7, 11) is -3.26. The Kier molecular flexibility index (Phi) is 7.65. The lowest BCUT2D eigenvalue weighted by molar-refractivity contribution is -0.383. The molecule has 1 nitrogen and oxygen atoms in total. The van der Waals surface area contributed by atoms with Crippen LogP contribution in [0.5, 0.6) is 0 Å². The molecule has 0 aliphatic heterocycles. The van der Waals surface area contributed by atoms with Gasteiger partial charge in [0, 0.05) is 6.61 Å². The van der Waals surface area contributed by atoms with Crippen LogP contribution in [0.2, 0.25) is 0 Å². The van der Waals surface area contributed by atoms with Gasteiger partial charge in [-0.15, -0.1) is 0 Å². The Morgan fingerprint density at radius 3 is 1.52 bits per heavy atom. The summed E-state index contributed by atoms with van der Waals surface area (Å²) >= 11 is 0. The zero-order valence-corrected chi connectivity index (χ0v) is 13.5. The van der Waals surface area contributed by atoms with Crippen molar-refractivity contribution in [1.82, 2.24) is 0 Å². The molecule has 0 aromatic rings. The largest absolute Gasteiger partial charge is 0.421 e. The number of halogens is 13. The zero-order valence-electron chi connectivity index (χ0n) is 12.0. The number of hydrogen-bond donors (Lipinski definition) is 0. The van der Waals surface area contributed by atoms with Crippen LogP contribution in [0.25, 0.3) is 0 Å². The van der Waals surface area contributed by atoms with Crippen LogP contribution in [0.15, 0.2) is 0 Å². The van der Waals surface area contributed by atoms with E-state index in [1.54, 1.807) is 0 Å². The summed E-state index contributed by atoms with van der Waals surface area (Å²) in [6.45, 7) is 0.615. The fourth-order valence-electron chi connectivity index (χ4n) is 1.44. The van der Waals surface area contributed by atoms with E-state index >= 15 is 0 Å². The Morgan fingerprint density at radius 2 is 1.16 bits per heavy atom. The van der Waals surface area contributed by atoms with Gasteiger partial charge in [0.25, 0.3) is 6.43 Å². The van der Waals surface area contributed by atoms with Crippen molar-refractivity contribution < 1.29 is 61.5 Å². The monoisotopic (exact) mass is 422 g/mol. The van der Waals surface area contributed by atoms with Crippen LogP contribution >= 0.6 is 0 Å². The van der Waals surface area contributed by atoms with Crippen molar-refractivity contribution in [3.05, 3.63) is 0 Å². The molecule has 0 aromatic carbocycles. The van der Waals surface area contributed by atoms with Crippen molar-refractivity contribution in [2.45, 2.75) is 55.2 Å². The predicted molar refractivity (Wildman–Crippen MR) is 60.7 cm³/mol. The van der Waals surface area contributed by atoms with Crippen molar-refractivity contribution in [1.29, 1.82) is 0 Å². The van der Waals surface area contributed by atoms with Gasteiger partial charge >= 0.3 is 23.7 Å². The van der Waals surface area contributed by atoms with E-state index in [1.165, 1.54) is 0 Å². The highest BCUT2D eigenvalue weighted by Crippen LogP contribution is 2.56. The van der Waals surface area contributed by atoms with E-state index in [9.17, 15) is 57.1 Å². The highest BCUT2D eigenvalue weighted by atomic mass is 28.2. The fraction of sp³-hybridized carbons (Fsp3) is 1.00. The first-order valence-corrected chi connectivity index (χ1v) is 7.68. The van der Waals surface area contributed by atoms with E-state index in [2.05, 4.69) is 4.43 Å². The summed E-state index contributed by atoms with van der Waals surface area (Å²) in [6.07, 6.45) is -14.6. The molecule has 0 amide bonds. The smallest absolute Gasteiger partial charge is 0.381 e. The molecule has 0 saturated heterocycles. The summed E-state index contributed by atoms with van der Waals surface area (Å²) in [5, 5.41) is 0. The van der Waals surface area contributed by atoms with Gasteiger partial charge in [0.2, 0.25) is 15.9 Å². The van der Waals surface area contributed by atoms with Crippen LogP contribution in [0.1, 0.15) is 6.92 Å². The lowest BCUT2D eigenvalue weighted by Gasteiger charge is -2.39. The quantitative estimate of drug-likeness (QED) is 0.384. The average Bonchev–Trinajstić information content (AvgIpc) is 2.49. The van der Waals surface area contributed by atoms with Crippen molar-refractivity contribution >= 4 is 9.76 Å². The maximum Gasteiger partial charge on any atom is 0.381 e. The minimum absolute atomic E-state index is 0.481. The second kappa shape index (κ2) is 7.88. The zero-order chi connectivity index (χ0) is 20.4. The molecule has 0 rings (SSSR count). The predicted octanol–water partition coefficient (Wildman–Crippen LogP) is 3.88. The van der Waals surface area contributed by atoms with Gasteiger partial charge < -0.3 is 4.43 Å². The molecule has 0 aliphatic rings. The first kappa shape index (κ1) is 24.3. The van der Waals surface area contributed by atoms with Crippen molar-refractivity contribution in [2.24, 2.45) is 0 Å². The molecule has 0 spiro atoms. The Balaban J connectivity index is 5.85. The minimum Gasteiger partial charge on any atom is -0.421 e. The number of hydrogen-bond acceptors (Lipinski definition) is 1. The summed E-state index contributed by atoms with van der Waals surface area (Å²) in [4.78, 5) is 0. The molecular formula is C10H11F13OSi. The average molecular weight is 422 g/mol. The third-order valence-corrected chi connectivity index (χ3v) is 4.41. The standard InChI is InChI=1S/C10H11F13OSi/c1-2-24-25-6(15)8(18,19)10(22,23)9(20,21)7(16,17)4(12)3(11)5(13)14/h3-6H,2,25H2,1H3. The normalized spacial score (nSPS) is 18.8. The van der Waals surface area contributed by atoms with E-state index in [0.717, 1.165) is 6.92 Å². The molecule has 0 aromatic heterocycles. The SMILES string of the molecule is CCO[SiH2]C(F)C(F)(F)C(F)(F)C(F)(F)C(F)(F)C(F)C(F)C(F)F. The van der Waals surface area contributed by atoms with Crippen LogP contribution in [-0.2, 0) is 4.43 Å². The van der Waals surface area contributed by atoms with Gasteiger partial charge in [-0.2, -0.15) is 35.1 Å². The Bertz CT molecular complexity index is 429. The summed E-state index contributed by atoms with van der Waals surface area (Å²) in [6, 6.07) is 0. The maximum atomic E-state index is 13.2. The lowest BCUT2D eigenvalue weighted by Crippen LogP contribution is -2.68. The molecule has 0 heterocycles. The molecule has 0 bridgehead atoms. The molecule has 0 fully saturated rings. The van der Waals surface area contributed by atoms with Crippen LogP contribution in [0.4, 0.5) is 57.1 Å². The van der Waals surface area contributed by atoms with Crippen molar-refractivity contribution in [3.63, 3.8) is 0 Å². The molecule has 3 unspecified atom stereocenters. The van der Waals surface area contributed by atoms with Gasteiger partial charge in [-0.05, 0) is 6.92 Å². The van der Waals surface area contributed by atoms with Gasteiger partial charge in [-0.25, -0.2) is 22.0 Å². The van der Waals surface area contributed by atoms with Crippen LogP contribution in [0.3, 0.4) is 0 Å². The van der Waals surface area contributed by atoms with Crippen LogP contribution < -0.4 is 0 Å². The Morgan fingerprint density at radius 1 is 0.760 bits per heavy atom. The molecule has 0 radical (unpaired) electrons. The molecule has 0 aliphatic carbocycles. The highest BCUT2D eigenvalue weighted by molar-refractivity contribution is 6.29. The topological polar surface area (TPSA) is 9.23 Å². The molecular weight excluding hydrogens is 411 g/mol. The van der Waals surface area contributed by atoms with Gasteiger partial charge in [-0.1, -0.05) is 0 Å². The molecule has 25 heavy (non-hydrogen) atoms. The van der Waals surface area contributed by atoms with E-state index in [1.807, 2.05) is 0 Å². The second-order valence-electron chi connectivity index (χ2n) is 4.70. The lowest BCUT2D eigenvalue weighted by atomic mass is 9.94. The minimum atomic E-state index is -7.40. The molecule has 15 heteroatoms. The van der Waals surface area contributed by atoms with Gasteiger partial charge in [0.1, 0.15) is 0 Å². The van der Waals surface area contributed by atoms with E-state index in [4.69, 9.17) is 0 Å². The second-order valence-corrected chi connectivity index (χ2v) is 6.16.